The maximum absolute atomic E-state index is 14.0. The quantitative estimate of drug-likeness (QED) is 0.406. The van der Waals surface area contributed by atoms with Crippen molar-refractivity contribution >= 4 is 45.1 Å². The number of amides is 1. The molecule has 0 N–H and O–H groups in total. The number of fused-ring (bicyclic) bond motifs is 1. The van der Waals surface area contributed by atoms with Gasteiger partial charge < -0.3 is 23.7 Å². The van der Waals surface area contributed by atoms with Gasteiger partial charge in [0.05, 0.1) is 40.6 Å². The Hall–Kier alpha value is -3.15. The molecule has 9 nitrogen and oxygen atoms in total. The molecule has 2 aromatic heterocycles. The molecule has 0 bridgehead atoms. The summed E-state index contributed by atoms with van der Waals surface area (Å²) in [6.45, 7) is 9.55. The zero-order chi connectivity index (χ0) is 27.7. The summed E-state index contributed by atoms with van der Waals surface area (Å²) >= 11 is 4.88. The lowest BCUT2D eigenvalue weighted by molar-refractivity contribution is -0.127. The van der Waals surface area contributed by atoms with Crippen LogP contribution in [0.1, 0.15) is 38.1 Å². The van der Waals surface area contributed by atoms with E-state index < -0.39 is 6.04 Å². The summed E-state index contributed by atoms with van der Waals surface area (Å²) in [6.07, 6.45) is 1.74. The molecule has 0 aliphatic carbocycles. The van der Waals surface area contributed by atoms with Crippen molar-refractivity contribution in [1.82, 2.24) is 9.47 Å². The van der Waals surface area contributed by atoms with Crippen molar-refractivity contribution in [3.05, 3.63) is 77.1 Å². The number of ether oxygens (including phenoxy) is 2. The largest absolute Gasteiger partial charge is 0.496 e. The lowest BCUT2D eigenvalue weighted by Gasteiger charge is -2.29. The van der Waals surface area contributed by atoms with Crippen LogP contribution < -0.4 is 24.5 Å². The fraction of sp³-hybridized carbons (Fsp3) is 0.393. The number of rotatable bonds is 7. The van der Waals surface area contributed by atoms with Crippen molar-refractivity contribution in [2.45, 2.75) is 26.8 Å². The minimum Gasteiger partial charge on any atom is -0.496 e. The molecule has 1 atom stereocenters. The molecule has 0 saturated carbocycles. The van der Waals surface area contributed by atoms with E-state index in [-0.39, 0.29) is 11.5 Å². The maximum Gasteiger partial charge on any atom is 0.271 e. The van der Waals surface area contributed by atoms with Crippen LogP contribution >= 0.6 is 27.3 Å². The molecule has 0 radical (unpaired) electrons. The second kappa shape index (κ2) is 11.5. The Bertz CT molecular complexity index is 1590. The average molecular weight is 616 g/mol. The molecule has 1 saturated heterocycles. The van der Waals surface area contributed by atoms with E-state index in [2.05, 4.69) is 20.8 Å². The first-order valence-corrected chi connectivity index (χ1v) is 14.6. The molecule has 4 heterocycles. The van der Waals surface area contributed by atoms with Crippen molar-refractivity contribution in [3.63, 3.8) is 0 Å². The van der Waals surface area contributed by atoms with Gasteiger partial charge in [-0.1, -0.05) is 29.5 Å². The van der Waals surface area contributed by atoms with Gasteiger partial charge in [0.25, 0.3) is 11.5 Å². The van der Waals surface area contributed by atoms with Crippen LogP contribution in [0.5, 0.6) is 5.75 Å². The molecule has 39 heavy (non-hydrogen) atoms. The van der Waals surface area contributed by atoms with Gasteiger partial charge in [-0.2, -0.15) is 0 Å². The fourth-order valence-electron chi connectivity index (χ4n) is 5.02. The molecule has 2 aliphatic heterocycles. The smallest absolute Gasteiger partial charge is 0.271 e. The summed E-state index contributed by atoms with van der Waals surface area (Å²) in [5.41, 5.74) is 1.55. The first-order valence-electron chi connectivity index (χ1n) is 12.9. The molecular weight excluding hydrogens is 584 g/mol. The van der Waals surface area contributed by atoms with Crippen LogP contribution in [0.4, 0.5) is 5.88 Å². The maximum atomic E-state index is 14.0. The van der Waals surface area contributed by atoms with Crippen LogP contribution in [0.25, 0.3) is 6.08 Å². The zero-order valence-corrected chi connectivity index (χ0v) is 24.8. The normalized spacial score (nSPS) is 17.7. The Kier molecular flexibility index (Phi) is 8.11. The molecule has 5 rings (SSSR count). The van der Waals surface area contributed by atoms with Crippen LogP contribution in [0.15, 0.2) is 60.3 Å². The van der Waals surface area contributed by atoms with Gasteiger partial charge >= 0.3 is 0 Å². The molecule has 0 unspecified atom stereocenters. The van der Waals surface area contributed by atoms with Crippen LogP contribution in [-0.2, 0) is 9.53 Å². The third-order valence-corrected chi connectivity index (χ3v) is 8.55. The molecule has 1 amide bonds. The number of furan rings is 1. The highest BCUT2D eigenvalue weighted by atomic mass is 79.9. The van der Waals surface area contributed by atoms with E-state index in [4.69, 9.17) is 18.9 Å². The second-order valence-electron chi connectivity index (χ2n) is 9.20. The summed E-state index contributed by atoms with van der Waals surface area (Å²) in [5.74, 6) is 1.73. The highest BCUT2D eigenvalue weighted by molar-refractivity contribution is 9.10. The molecule has 0 spiro atoms. The highest BCUT2D eigenvalue weighted by Gasteiger charge is 2.35. The number of halogens is 1. The number of aromatic nitrogens is 1. The van der Waals surface area contributed by atoms with Crippen molar-refractivity contribution < 1.29 is 18.7 Å². The van der Waals surface area contributed by atoms with Gasteiger partial charge in [-0.15, -0.1) is 0 Å². The van der Waals surface area contributed by atoms with Crippen LogP contribution in [0.3, 0.4) is 0 Å². The Morgan fingerprint density at radius 3 is 2.67 bits per heavy atom. The molecule has 3 aromatic rings. The van der Waals surface area contributed by atoms with Gasteiger partial charge in [0.2, 0.25) is 5.88 Å². The standard InChI is InChI=1S/C28H31BrN4O5S/c1-5-31(6-2)26(35)23-17(3)30-28-33(24(23)19-9-7-8-10-21(19)36-4)25(34)22(39-28)16-18-15-20(29)27(38-18)32-11-13-37-14-12-32/h7-10,15-16,24H,5-6,11-14H2,1-4H3/b22-16+/t24-/m1/s1. The van der Waals surface area contributed by atoms with E-state index >= 15 is 0 Å². The summed E-state index contributed by atoms with van der Waals surface area (Å²) in [6, 6.07) is 8.67. The van der Waals surface area contributed by atoms with Gasteiger partial charge in [-0.3, -0.25) is 14.2 Å². The number of methoxy groups -OCH3 is 1. The number of carbonyl (C=O) groups excluding carboxylic acids is 1. The van der Waals surface area contributed by atoms with Gasteiger partial charge in [-0.05, 0) is 42.8 Å². The van der Waals surface area contributed by atoms with Crippen molar-refractivity contribution in [3.8, 4) is 5.75 Å². The van der Waals surface area contributed by atoms with Gasteiger partial charge in [0, 0.05) is 43.9 Å². The Labute approximate surface area is 238 Å². The number of allylic oxidation sites excluding steroid dienone is 1. The van der Waals surface area contributed by atoms with Gasteiger partial charge in [0.15, 0.2) is 4.80 Å². The number of hydrogen-bond donors (Lipinski definition) is 0. The number of carbonyl (C=O) groups is 1. The van der Waals surface area contributed by atoms with Crippen molar-refractivity contribution in [2.24, 2.45) is 4.99 Å². The van der Waals surface area contributed by atoms with E-state index in [1.165, 1.54) is 11.3 Å². The van der Waals surface area contributed by atoms with Crippen LogP contribution in [-0.4, -0.2) is 61.9 Å². The topological polar surface area (TPSA) is 89.5 Å². The molecular formula is C28H31BrN4O5S. The summed E-state index contributed by atoms with van der Waals surface area (Å²) < 4.78 is 20.2. The predicted molar refractivity (Wildman–Crippen MR) is 154 cm³/mol. The van der Waals surface area contributed by atoms with E-state index in [1.54, 1.807) is 22.7 Å². The summed E-state index contributed by atoms with van der Waals surface area (Å²) in [7, 11) is 1.59. The fourth-order valence-corrected chi connectivity index (χ4v) is 6.61. The first kappa shape index (κ1) is 27.4. The summed E-state index contributed by atoms with van der Waals surface area (Å²) in [5, 5.41) is 0. The number of thiazole rings is 1. The SMILES string of the molecule is CCN(CC)C(=O)C1=C(C)N=c2s/c(=C/c3cc(Br)c(N4CCOCC4)o3)c(=O)n2[C@@H]1c1ccccc1OC. The number of benzene rings is 1. The lowest BCUT2D eigenvalue weighted by Crippen LogP contribution is -2.43. The number of nitrogens with zero attached hydrogens (tertiary/aromatic N) is 4. The number of morpholine rings is 1. The molecule has 2 aliphatic rings. The van der Waals surface area contributed by atoms with E-state index in [9.17, 15) is 9.59 Å². The van der Waals surface area contributed by atoms with E-state index in [0.717, 1.165) is 23.1 Å². The number of anilines is 1. The first-order chi connectivity index (χ1) is 18.9. The minimum absolute atomic E-state index is 0.142. The zero-order valence-electron chi connectivity index (χ0n) is 22.4. The van der Waals surface area contributed by atoms with Crippen molar-refractivity contribution in [2.75, 3.05) is 51.4 Å². The third kappa shape index (κ3) is 5.10. The molecule has 11 heteroatoms. The van der Waals surface area contributed by atoms with Crippen LogP contribution in [0, 0.1) is 0 Å². The van der Waals surface area contributed by atoms with E-state index in [1.807, 2.05) is 51.1 Å². The summed E-state index contributed by atoms with van der Waals surface area (Å²) in [4.78, 5) is 36.9. The van der Waals surface area contributed by atoms with Crippen molar-refractivity contribution in [1.29, 1.82) is 0 Å². The number of para-hydroxylation sites is 1. The van der Waals surface area contributed by atoms with Gasteiger partial charge in [-0.25, -0.2) is 4.99 Å². The highest BCUT2D eigenvalue weighted by Crippen LogP contribution is 2.36. The Balaban J connectivity index is 1.66. The second-order valence-corrected chi connectivity index (χ2v) is 11.1. The minimum atomic E-state index is -0.681. The predicted octanol–water partition coefficient (Wildman–Crippen LogP) is 3.30. The Morgan fingerprint density at radius 1 is 1.26 bits per heavy atom. The lowest BCUT2D eigenvalue weighted by atomic mass is 9.94. The third-order valence-electron chi connectivity index (χ3n) is 7.00. The molecule has 1 aromatic carbocycles. The monoisotopic (exact) mass is 614 g/mol. The van der Waals surface area contributed by atoms with Gasteiger partial charge in [0.1, 0.15) is 17.6 Å². The molecule has 206 valence electrons. The number of likely N-dealkylation sites (N-methyl/N-ethyl adjacent to an activating group) is 1. The average Bonchev–Trinajstić information content (AvgIpc) is 3.47. The molecule has 1 fully saturated rings. The Morgan fingerprint density at radius 2 is 1.97 bits per heavy atom. The number of hydrogen-bond acceptors (Lipinski definition) is 8. The van der Waals surface area contributed by atoms with E-state index in [0.29, 0.717) is 64.3 Å². The van der Waals surface area contributed by atoms with Crippen LogP contribution in [0.2, 0.25) is 0 Å².